The van der Waals surface area contributed by atoms with Crippen LogP contribution in [0.3, 0.4) is 0 Å². The smallest absolute Gasteiger partial charge is 0.0376 e. The molecule has 0 saturated heterocycles. The number of aryl methyl sites for hydroxylation is 1. The molecule has 1 aromatic carbocycles. The van der Waals surface area contributed by atoms with Crippen LogP contribution in [0.25, 0.3) is 0 Å². The van der Waals surface area contributed by atoms with Crippen molar-refractivity contribution in [2.75, 3.05) is 25.4 Å². The van der Waals surface area contributed by atoms with Gasteiger partial charge in [-0.3, -0.25) is 0 Å². The van der Waals surface area contributed by atoms with Crippen LogP contribution in [0.2, 0.25) is 0 Å². The van der Waals surface area contributed by atoms with Gasteiger partial charge in [0.25, 0.3) is 0 Å². The zero-order valence-corrected chi connectivity index (χ0v) is 10.1. The zero-order chi connectivity index (χ0) is 11.3. The number of hydrogen-bond acceptors (Lipinski definition) is 2. The number of hydrogen-bond donors (Lipinski definition) is 1. The van der Waals surface area contributed by atoms with Crippen molar-refractivity contribution in [3.63, 3.8) is 0 Å². The molecule has 0 spiro atoms. The molecular formula is C13H22N2. The predicted molar refractivity (Wildman–Crippen MR) is 67.1 cm³/mol. The van der Waals surface area contributed by atoms with Crippen LogP contribution in [0.1, 0.15) is 25.0 Å². The van der Waals surface area contributed by atoms with E-state index in [9.17, 15) is 0 Å². The number of nitrogen functional groups attached to an aromatic ring is 1. The zero-order valence-electron chi connectivity index (χ0n) is 10.1. The first kappa shape index (κ1) is 12.1. The summed E-state index contributed by atoms with van der Waals surface area (Å²) in [6.45, 7) is 9.79. The predicted octanol–water partition coefficient (Wildman–Crippen LogP) is 2.46. The molecule has 15 heavy (non-hydrogen) atoms. The average molecular weight is 206 g/mol. The number of nitrogens with two attached hydrogens (primary N) is 1. The van der Waals surface area contributed by atoms with Gasteiger partial charge in [0.1, 0.15) is 0 Å². The quantitative estimate of drug-likeness (QED) is 0.750. The van der Waals surface area contributed by atoms with Crippen LogP contribution in [-0.4, -0.2) is 24.5 Å². The largest absolute Gasteiger partial charge is 0.398 e. The highest BCUT2D eigenvalue weighted by atomic mass is 15.1. The molecular weight excluding hydrogens is 184 g/mol. The second-order valence-corrected chi connectivity index (χ2v) is 3.92. The van der Waals surface area contributed by atoms with Crippen molar-refractivity contribution in [3.8, 4) is 0 Å². The first-order valence-electron chi connectivity index (χ1n) is 5.75. The number of para-hydroxylation sites is 1. The van der Waals surface area contributed by atoms with Gasteiger partial charge in [-0.1, -0.05) is 32.0 Å². The summed E-state index contributed by atoms with van der Waals surface area (Å²) in [6, 6.07) is 6.28. The molecule has 0 amide bonds. The Morgan fingerprint density at radius 2 is 1.87 bits per heavy atom. The van der Waals surface area contributed by atoms with E-state index in [1.54, 1.807) is 0 Å². The summed E-state index contributed by atoms with van der Waals surface area (Å²) in [7, 11) is 0. The SMILES string of the molecule is CCN(CC)CCc1cccc(C)c1N. The Morgan fingerprint density at radius 3 is 2.47 bits per heavy atom. The Hall–Kier alpha value is -1.02. The van der Waals surface area contributed by atoms with E-state index < -0.39 is 0 Å². The van der Waals surface area contributed by atoms with E-state index >= 15 is 0 Å². The molecule has 1 aromatic rings. The molecule has 0 fully saturated rings. The number of nitrogens with zero attached hydrogens (tertiary/aromatic N) is 1. The summed E-state index contributed by atoms with van der Waals surface area (Å²) in [5.74, 6) is 0. The first-order chi connectivity index (χ1) is 7.19. The van der Waals surface area contributed by atoms with Crippen LogP contribution < -0.4 is 5.73 Å². The fraction of sp³-hybridized carbons (Fsp3) is 0.538. The molecule has 1 rings (SSSR count). The van der Waals surface area contributed by atoms with Gasteiger partial charge in [-0.15, -0.1) is 0 Å². The van der Waals surface area contributed by atoms with E-state index in [0.717, 1.165) is 31.7 Å². The van der Waals surface area contributed by atoms with Crippen molar-refractivity contribution in [1.29, 1.82) is 0 Å². The van der Waals surface area contributed by atoms with E-state index in [4.69, 9.17) is 5.73 Å². The molecule has 0 saturated carbocycles. The summed E-state index contributed by atoms with van der Waals surface area (Å²) in [5.41, 5.74) is 9.46. The number of rotatable bonds is 5. The van der Waals surface area contributed by atoms with Gasteiger partial charge in [-0.05, 0) is 37.6 Å². The minimum Gasteiger partial charge on any atom is -0.398 e. The van der Waals surface area contributed by atoms with E-state index in [1.807, 2.05) is 0 Å². The Balaban J connectivity index is 2.61. The fourth-order valence-electron chi connectivity index (χ4n) is 1.78. The van der Waals surface area contributed by atoms with Gasteiger partial charge in [0.15, 0.2) is 0 Å². The third kappa shape index (κ3) is 3.24. The van der Waals surface area contributed by atoms with Gasteiger partial charge < -0.3 is 10.6 Å². The van der Waals surface area contributed by atoms with Crippen LogP contribution in [0.5, 0.6) is 0 Å². The van der Waals surface area contributed by atoms with Crippen LogP contribution in [0.15, 0.2) is 18.2 Å². The highest BCUT2D eigenvalue weighted by molar-refractivity contribution is 5.53. The summed E-state index contributed by atoms with van der Waals surface area (Å²) in [4.78, 5) is 2.42. The molecule has 0 aliphatic heterocycles. The van der Waals surface area contributed by atoms with Gasteiger partial charge in [-0.25, -0.2) is 0 Å². The summed E-state index contributed by atoms with van der Waals surface area (Å²) < 4.78 is 0. The molecule has 0 radical (unpaired) electrons. The monoisotopic (exact) mass is 206 g/mol. The molecule has 0 bridgehead atoms. The summed E-state index contributed by atoms with van der Waals surface area (Å²) in [5, 5.41) is 0. The van der Waals surface area contributed by atoms with Gasteiger partial charge in [0.2, 0.25) is 0 Å². The van der Waals surface area contributed by atoms with Crippen molar-refractivity contribution in [3.05, 3.63) is 29.3 Å². The van der Waals surface area contributed by atoms with E-state index in [0.29, 0.717) is 0 Å². The van der Waals surface area contributed by atoms with Crippen LogP contribution in [0.4, 0.5) is 5.69 Å². The van der Waals surface area contributed by atoms with Crippen molar-refractivity contribution in [1.82, 2.24) is 4.90 Å². The molecule has 0 aliphatic carbocycles. The Labute approximate surface area is 93.1 Å². The molecule has 2 nitrogen and oxygen atoms in total. The second kappa shape index (κ2) is 5.76. The first-order valence-corrected chi connectivity index (χ1v) is 5.75. The molecule has 2 N–H and O–H groups in total. The van der Waals surface area contributed by atoms with Crippen LogP contribution in [0, 0.1) is 6.92 Å². The lowest BCUT2D eigenvalue weighted by atomic mass is 10.1. The summed E-state index contributed by atoms with van der Waals surface area (Å²) >= 11 is 0. The van der Waals surface area contributed by atoms with Crippen molar-refractivity contribution in [2.45, 2.75) is 27.2 Å². The molecule has 84 valence electrons. The molecule has 0 atom stereocenters. The van der Waals surface area contributed by atoms with Gasteiger partial charge in [0.05, 0.1) is 0 Å². The Bertz CT molecular complexity index is 303. The number of likely N-dealkylation sites (N-methyl/N-ethyl adjacent to an activating group) is 1. The lowest BCUT2D eigenvalue weighted by Crippen LogP contribution is -2.25. The topological polar surface area (TPSA) is 29.3 Å². The van der Waals surface area contributed by atoms with Crippen molar-refractivity contribution >= 4 is 5.69 Å². The van der Waals surface area contributed by atoms with E-state index in [-0.39, 0.29) is 0 Å². The summed E-state index contributed by atoms with van der Waals surface area (Å²) in [6.07, 6.45) is 1.05. The van der Waals surface area contributed by atoms with Gasteiger partial charge >= 0.3 is 0 Å². The highest BCUT2D eigenvalue weighted by Gasteiger charge is 2.04. The number of anilines is 1. The minimum atomic E-state index is 0.963. The Kier molecular flexibility index (Phi) is 4.63. The molecule has 0 aliphatic rings. The maximum Gasteiger partial charge on any atom is 0.0376 e. The van der Waals surface area contributed by atoms with Crippen molar-refractivity contribution in [2.24, 2.45) is 0 Å². The standard InChI is InChI=1S/C13H22N2/c1-4-15(5-2)10-9-12-8-6-7-11(3)13(12)14/h6-8H,4-5,9-10,14H2,1-3H3. The van der Waals surface area contributed by atoms with Crippen molar-refractivity contribution < 1.29 is 0 Å². The maximum absolute atomic E-state index is 6.03. The molecule has 2 heteroatoms. The third-order valence-corrected chi connectivity index (χ3v) is 3.01. The van der Waals surface area contributed by atoms with E-state index in [1.165, 1.54) is 11.1 Å². The second-order valence-electron chi connectivity index (χ2n) is 3.92. The highest BCUT2D eigenvalue weighted by Crippen LogP contribution is 2.17. The fourth-order valence-corrected chi connectivity index (χ4v) is 1.78. The lowest BCUT2D eigenvalue weighted by Gasteiger charge is -2.18. The average Bonchev–Trinajstić information content (AvgIpc) is 2.25. The van der Waals surface area contributed by atoms with Gasteiger partial charge in [0, 0.05) is 12.2 Å². The third-order valence-electron chi connectivity index (χ3n) is 3.01. The van der Waals surface area contributed by atoms with Crippen LogP contribution in [-0.2, 0) is 6.42 Å². The Morgan fingerprint density at radius 1 is 1.20 bits per heavy atom. The lowest BCUT2D eigenvalue weighted by molar-refractivity contribution is 0.308. The minimum absolute atomic E-state index is 0.963. The molecule has 0 unspecified atom stereocenters. The molecule has 0 heterocycles. The maximum atomic E-state index is 6.03. The van der Waals surface area contributed by atoms with Crippen LogP contribution >= 0.6 is 0 Å². The molecule has 0 aromatic heterocycles. The van der Waals surface area contributed by atoms with E-state index in [2.05, 4.69) is 43.9 Å². The number of benzene rings is 1. The normalized spacial score (nSPS) is 10.9. The van der Waals surface area contributed by atoms with Gasteiger partial charge in [-0.2, -0.15) is 0 Å².